The van der Waals surface area contributed by atoms with Gasteiger partial charge in [0.15, 0.2) is 0 Å². The van der Waals surface area contributed by atoms with Crippen LogP contribution in [-0.4, -0.2) is 40.7 Å². The van der Waals surface area contributed by atoms with Crippen LogP contribution in [0.4, 0.5) is 0 Å². The summed E-state index contributed by atoms with van der Waals surface area (Å²) in [5, 5.41) is 4.41. The Kier molecular flexibility index (Phi) is 4.48. The van der Waals surface area contributed by atoms with Crippen molar-refractivity contribution in [3.8, 4) is 17.1 Å². The highest BCUT2D eigenvalue weighted by Gasteiger charge is 2.25. The largest absolute Gasteiger partial charge is 0.480 e. The van der Waals surface area contributed by atoms with E-state index < -0.39 is 0 Å². The first kappa shape index (κ1) is 16.8. The summed E-state index contributed by atoms with van der Waals surface area (Å²) in [7, 11) is 1.54. The van der Waals surface area contributed by atoms with E-state index >= 15 is 0 Å². The first-order valence-corrected chi connectivity index (χ1v) is 8.58. The minimum atomic E-state index is -0.311. The van der Waals surface area contributed by atoms with Gasteiger partial charge in [-0.3, -0.25) is 4.79 Å². The number of nitrogens with one attached hydrogen (secondary N) is 2. The van der Waals surface area contributed by atoms with Crippen molar-refractivity contribution in [2.75, 3.05) is 13.7 Å². The number of aromatic nitrogens is 3. The summed E-state index contributed by atoms with van der Waals surface area (Å²) in [5.74, 6) is 0.362. The quantitative estimate of drug-likeness (QED) is 0.718. The third-order valence-corrected chi connectivity index (χ3v) is 4.63. The number of halogens is 1. The zero-order valence-electron chi connectivity index (χ0n) is 14.1. The Labute approximate surface area is 154 Å². The molecule has 0 aliphatic carbocycles. The van der Waals surface area contributed by atoms with Crippen LogP contribution in [0.2, 0.25) is 5.02 Å². The molecule has 2 N–H and O–H groups in total. The van der Waals surface area contributed by atoms with Crippen molar-refractivity contribution >= 4 is 28.4 Å². The topological polar surface area (TPSA) is 89.1 Å². The van der Waals surface area contributed by atoms with E-state index in [4.69, 9.17) is 21.1 Å². The molecule has 1 aliphatic heterocycles. The third-order valence-electron chi connectivity index (χ3n) is 4.32. The van der Waals surface area contributed by atoms with Crippen LogP contribution in [0.1, 0.15) is 12.1 Å². The molecule has 3 aromatic rings. The van der Waals surface area contributed by atoms with Crippen LogP contribution in [0, 0.1) is 0 Å². The number of aromatic amines is 1. The van der Waals surface area contributed by atoms with E-state index in [0.717, 1.165) is 28.6 Å². The highest BCUT2D eigenvalue weighted by Crippen LogP contribution is 2.31. The van der Waals surface area contributed by atoms with Crippen LogP contribution in [0.15, 0.2) is 30.6 Å². The molecule has 7 nitrogen and oxygen atoms in total. The number of methoxy groups -OCH3 is 1. The summed E-state index contributed by atoms with van der Waals surface area (Å²) in [6, 6.07) is 5.76. The Balaban J connectivity index is 1.56. The fourth-order valence-electron chi connectivity index (χ4n) is 2.80. The lowest BCUT2D eigenvalue weighted by Crippen LogP contribution is -2.42. The number of fused-ring (bicyclic) bond motifs is 1. The molecule has 2 aromatic heterocycles. The van der Waals surface area contributed by atoms with Crippen molar-refractivity contribution in [3.63, 3.8) is 0 Å². The molecular weight excluding hydrogens is 356 g/mol. The minimum absolute atomic E-state index is 0.0814. The highest BCUT2D eigenvalue weighted by molar-refractivity contribution is 6.34. The number of hydrogen-bond donors (Lipinski definition) is 2. The van der Waals surface area contributed by atoms with Gasteiger partial charge in [-0.15, -0.1) is 0 Å². The van der Waals surface area contributed by atoms with Crippen LogP contribution in [0.3, 0.4) is 0 Å². The second kappa shape index (κ2) is 6.93. The first-order chi connectivity index (χ1) is 12.6. The van der Waals surface area contributed by atoms with Gasteiger partial charge in [0.2, 0.25) is 11.8 Å². The maximum absolute atomic E-state index is 11.9. The van der Waals surface area contributed by atoms with Gasteiger partial charge >= 0.3 is 0 Å². The summed E-state index contributed by atoms with van der Waals surface area (Å²) < 4.78 is 10.2. The Morgan fingerprint density at radius 3 is 2.88 bits per heavy atom. The summed E-state index contributed by atoms with van der Waals surface area (Å²) in [6.07, 6.45) is 3.64. The zero-order chi connectivity index (χ0) is 18.1. The number of nitrogens with zero attached hydrogens (tertiary/aromatic N) is 2. The van der Waals surface area contributed by atoms with Gasteiger partial charge in [-0.2, -0.15) is 0 Å². The first-order valence-electron chi connectivity index (χ1n) is 8.21. The molecule has 3 heterocycles. The summed E-state index contributed by atoms with van der Waals surface area (Å²) in [6.45, 7) is 1.06. The maximum Gasteiger partial charge on any atom is 0.249 e. The van der Waals surface area contributed by atoms with Crippen LogP contribution in [0.25, 0.3) is 22.2 Å². The van der Waals surface area contributed by atoms with E-state index in [1.807, 2.05) is 18.2 Å². The van der Waals surface area contributed by atoms with Gasteiger partial charge in [-0.05, 0) is 18.2 Å². The smallest absolute Gasteiger partial charge is 0.249 e. The average Bonchev–Trinajstić information content (AvgIpc) is 2.99. The fraction of sp³-hybridized carbons (Fsp3) is 0.278. The minimum Gasteiger partial charge on any atom is -0.480 e. The van der Waals surface area contributed by atoms with E-state index in [-0.39, 0.29) is 12.0 Å². The number of amides is 1. The van der Waals surface area contributed by atoms with Crippen molar-refractivity contribution in [2.24, 2.45) is 0 Å². The van der Waals surface area contributed by atoms with E-state index in [0.29, 0.717) is 29.7 Å². The zero-order valence-corrected chi connectivity index (χ0v) is 14.8. The number of carbonyl (C=O) groups is 1. The monoisotopic (exact) mass is 372 g/mol. The maximum atomic E-state index is 11.9. The van der Waals surface area contributed by atoms with E-state index in [9.17, 15) is 4.79 Å². The Morgan fingerprint density at radius 2 is 2.23 bits per heavy atom. The molecule has 1 saturated heterocycles. The molecule has 1 aliphatic rings. The normalized spacial score (nSPS) is 16.3. The lowest BCUT2D eigenvalue weighted by atomic mass is 10.1. The van der Waals surface area contributed by atoms with Crippen molar-refractivity contribution in [1.82, 2.24) is 20.3 Å². The molecule has 134 valence electrons. The molecular formula is C18H17ClN4O3. The number of benzene rings is 1. The number of H-pyrrole nitrogens is 1. The molecule has 1 aromatic carbocycles. The van der Waals surface area contributed by atoms with Crippen LogP contribution < -0.4 is 10.1 Å². The van der Waals surface area contributed by atoms with Crippen molar-refractivity contribution < 1.29 is 14.3 Å². The van der Waals surface area contributed by atoms with Gasteiger partial charge in [0, 0.05) is 28.6 Å². The van der Waals surface area contributed by atoms with Gasteiger partial charge in [0.25, 0.3) is 0 Å². The number of rotatable bonds is 5. The molecule has 8 heteroatoms. The summed E-state index contributed by atoms with van der Waals surface area (Å²) in [4.78, 5) is 23.7. The van der Waals surface area contributed by atoms with Crippen LogP contribution in [0.5, 0.6) is 5.88 Å². The van der Waals surface area contributed by atoms with E-state index in [1.54, 1.807) is 19.5 Å². The molecule has 1 fully saturated rings. The molecule has 0 unspecified atom stereocenters. The second-order valence-electron chi connectivity index (χ2n) is 6.02. The van der Waals surface area contributed by atoms with Crippen LogP contribution in [-0.2, 0) is 16.1 Å². The molecule has 26 heavy (non-hydrogen) atoms. The third kappa shape index (κ3) is 3.23. The second-order valence-corrected chi connectivity index (χ2v) is 6.43. The van der Waals surface area contributed by atoms with Gasteiger partial charge in [-0.25, -0.2) is 9.97 Å². The van der Waals surface area contributed by atoms with Gasteiger partial charge in [0.1, 0.15) is 6.10 Å². The SMILES string of the molecule is COc1cnc(-c2cc3[nH]c(CNC(=O)[C@@H]4CCO4)cc3cc2Cl)cn1. The molecule has 0 radical (unpaired) electrons. The lowest BCUT2D eigenvalue weighted by Gasteiger charge is -2.24. The van der Waals surface area contributed by atoms with Gasteiger partial charge in [-0.1, -0.05) is 11.6 Å². The van der Waals surface area contributed by atoms with Gasteiger partial charge < -0.3 is 19.8 Å². The number of carbonyl (C=O) groups excluding carboxylic acids is 1. The molecule has 4 rings (SSSR count). The molecule has 1 amide bonds. The molecule has 0 bridgehead atoms. The highest BCUT2D eigenvalue weighted by atomic mass is 35.5. The fourth-order valence-corrected chi connectivity index (χ4v) is 3.07. The summed E-state index contributed by atoms with van der Waals surface area (Å²) in [5.41, 5.74) is 3.23. The molecule has 0 spiro atoms. The number of hydrogen-bond acceptors (Lipinski definition) is 5. The molecule has 0 saturated carbocycles. The standard InChI is InChI=1S/C18H17ClN4O3/c1-25-17-9-20-15(8-21-17)12-6-14-10(5-13(12)19)4-11(23-14)7-22-18(24)16-2-3-26-16/h4-6,8-9,16,23H,2-3,7H2,1H3,(H,22,24)/t16-/m0/s1. The lowest BCUT2D eigenvalue weighted by molar-refractivity contribution is -0.145. The average molecular weight is 373 g/mol. The predicted molar refractivity (Wildman–Crippen MR) is 97.1 cm³/mol. The van der Waals surface area contributed by atoms with Crippen molar-refractivity contribution in [2.45, 2.75) is 19.1 Å². The van der Waals surface area contributed by atoms with E-state index in [1.165, 1.54) is 0 Å². The Bertz CT molecular complexity index is 951. The molecule has 1 atom stereocenters. The summed E-state index contributed by atoms with van der Waals surface area (Å²) >= 11 is 6.42. The number of ether oxygens (including phenoxy) is 2. The van der Waals surface area contributed by atoms with Crippen LogP contribution >= 0.6 is 11.6 Å². The predicted octanol–water partition coefficient (Wildman–Crippen LogP) is 2.69. The van der Waals surface area contributed by atoms with Crippen molar-refractivity contribution in [3.05, 3.63) is 41.3 Å². The van der Waals surface area contributed by atoms with E-state index in [2.05, 4.69) is 20.3 Å². The van der Waals surface area contributed by atoms with Crippen molar-refractivity contribution in [1.29, 1.82) is 0 Å². The Morgan fingerprint density at radius 1 is 1.38 bits per heavy atom. The van der Waals surface area contributed by atoms with Gasteiger partial charge in [0.05, 0.1) is 43.4 Å². The Hall–Kier alpha value is -2.64.